The van der Waals surface area contributed by atoms with Gasteiger partial charge >= 0.3 is 12.6 Å². The summed E-state index contributed by atoms with van der Waals surface area (Å²) >= 11 is 6.20. The Morgan fingerprint density at radius 2 is 1.93 bits per heavy atom. The fraction of sp³-hybridized carbons (Fsp3) is 0.250. The van der Waals surface area contributed by atoms with Crippen LogP contribution in [0.4, 0.5) is 18.9 Å². The molecule has 0 aliphatic carbocycles. The van der Waals surface area contributed by atoms with Crippen molar-refractivity contribution in [2.75, 3.05) is 18.0 Å². The molecule has 0 radical (unpaired) electrons. The molecule has 1 atom stereocenters. The van der Waals surface area contributed by atoms with Crippen molar-refractivity contribution in [1.29, 1.82) is 0 Å². The molecule has 1 aliphatic rings. The number of allylic oxidation sites excluding steroid dienone is 1. The Balaban J connectivity index is 1.76. The zero-order chi connectivity index (χ0) is 29.0. The van der Waals surface area contributed by atoms with Crippen LogP contribution in [0.25, 0.3) is 11.6 Å². The molecule has 3 aromatic carbocycles. The topological polar surface area (TPSA) is 82.1 Å². The highest BCUT2D eigenvalue weighted by Gasteiger charge is 2.35. The fourth-order valence-electron chi connectivity index (χ4n) is 4.31. The molecule has 12 heteroatoms. The second-order valence-electron chi connectivity index (χ2n) is 8.90. The fourth-order valence-corrected chi connectivity index (χ4v) is 6.16. The standard InChI is InChI=1S/C28H25ClF3NO6S/c1-17(27-22(29)7-4-8-23(27)30)13-18-9-11-25-24(14-18)33(16-20(38-25)10-12-26(34)37-2)40(35,36)21-6-3-5-19(15-21)39-28(31)32/h3-9,11,13-15,20,28H,10,12,16H2,1-2H3/b17-13+/t20-/m0/s1. The quantitative estimate of drug-likeness (QED) is 0.206. The molecule has 0 saturated heterocycles. The van der Waals surface area contributed by atoms with Gasteiger partial charge in [-0.2, -0.15) is 8.78 Å². The van der Waals surface area contributed by atoms with Gasteiger partial charge in [-0.25, -0.2) is 12.8 Å². The molecule has 4 rings (SSSR count). The largest absolute Gasteiger partial charge is 0.486 e. The molecule has 40 heavy (non-hydrogen) atoms. The maximum absolute atomic E-state index is 14.5. The number of esters is 1. The van der Waals surface area contributed by atoms with Crippen LogP contribution < -0.4 is 13.8 Å². The average molecular weight is 596 g/mol. The zero-order valence-corrected chi connectivity index (χ0v) is 23.0. The van der Waals surface area contributed by atoms with Gasteiger partial charge in [-0.3, -0.25) is 9.10 Å². The van der Waals surface area contributed by atoms with E-state index in [1.54, 1.807) is 37.3 Å². The van der Waals surface area contributed by atoms with Crippen LogP contribution in [0.1, 0.15) is 30.9 Å². The Kier molecular flexibility index (Phi) is 8.95. The Bertz CT molecular complexity index is 1530. The van der Waals surface area contributed by atoms with E-state index in [0.29, 0.717) is 11.1 Å². The zero-order valence-electron chi connectivity index (χ0n) is 21.4. The summed E-state index contributed by atoms with van der Waals surface area (Å²) in [5.41, 5.74) is 1.42. The van der Waals surface area contributed by atoms with Crippen LogP contribution in [0.15, 0.2) is 65.6 Å². The maximum atomic E-state index is 14.5. The van der Waals surface area contributed by atoms with Crippen LogP contribution in [0, 0.1) is 5.82 Å². The molecule has 3 aromatic rings. The second kappa shape index (κ2) is 12.2. The molecule has 1 heterocycles. The molecule has 0 fully saturated rings. The first-order valence-electron chi connectivity index (χ1n) is 12.1. The normalized spacial score (nSPS) is 15.4. The highest BCUT2D eigenvalue weighted by atomic mass is 35.5. The van der Waals surface area contributed by atoms with Crippen LogP contribution in [-0.2, 0) is 19.6 Å². The van der Waals surface area contributed by atoms with Gasteiger partial charge in [0.15, 0.2) is 0 Å². The summed E-state index contributed by atoms with van der Waals surface area (Å²) in [6.45, 7) is -1.63. The molecule has 0 bridgehead atoms. The van der Waals surface area contributed by atoms with E-state index in [1.807, 2.05) is 0 Å². The minimum atomic E-state index is -4.31. The second-order valence-corrected chi connectivity index (χ2v) is 11.2. The van der Waals surface area contributed by atoms with E-state index < -0.39 is 34.5 Å². The van der Waals surface area contributed by atoms with E-state index in [0.717, 1.165) is 10.4 Å². The lowest BCUT2D eigenvalue weighted by molar-refractivity contribution is -0.141. The number of sulfonamides is 1. The molecule has 1 aliphatic heterocycles. The van der Waals surface area contributed by atoms with E-state index in [9.17, 15) is 26.4 Å². The third kappa shape index (κ3) is 6.53. The van der Waals surface area contributed by atoms with Crippen molar-refractivity contribution < 1.29 is 40.6 Å². The molecule has 0 N–H and O–H groups in total. The van der Waals surface area contributed by atoms with Crippen LogP contribution >= 0.6 is 11.6 Å². The first-order chi connectivity index (χ1) is 19.0. The van der Waals surface area contributed by atoms with Gasteiger partial charge in [0, 0.05) is 18.1 Å². The minimum absolute atomic E-state index is 0.00842. The molecule has 0 saturated carbocycles. The molecular formula is C28H25ClF3NO6S. The van der Waals surface area contributed by atoms with Crippen molar-refractivity contribution >= 4 is 44.9 Å². The van der Waals surface area contributed by atoms with Gasteiger partial charge in [-0.05, 0) is 60.9 Å². The number of carbonyl (C=O) groups excluding carboxylic acids is 1. The molecule has 212 valence electrons. The summed E-state index contributed by atoms with van der Waals surface area (Å²) in [4.78, 5) is 11.4. The summed E-state index contributed by atoms with van der Waals surface area (Å²) in [7, 11) is -3.06. The molecule has 0 unspecified atom stereocenters. The predicted octanol–water partition coefficient (Wildman–Crippen LogP) is 6.55. The first kappa shape index (κ1) is 29.3. The van der Waals surface area contributed by atoms with E-state index in [1.165, 1.54) is 37.4 Å². The van der Waals surface area contributed by atoms with E-state index in [-0.39, 0.29) is 52.1 Å². The van der Waals surface area contributed by atoms with Crippen molar-refractivity contribution in [2.24, 2.45) is 0 Å². The third-order valence-electron chi connectivity index (χ3n) is 6.17. The van der Waals surface area contributed by atoms with Crippen LogP contribution in [0.3, 0.4) is 0 Å². The first-order valence-corrected chi connectivity index (χ1v) is 13.9. The minimum Gasteiger partial charge on any atom is -0.486 e. The lowest BCUT2D eigenvalue weighted by Gasteiger charge is -2.35. The number of benzene rings is 3. The van der Waals surface area contributed by atoms with Crippen molar-refractivity contribution in [2.45, 2.75) is 37.4 Å². The third-order valence-corrected chi connectivity index (χ3v) is 8.26. The number of anilines is 1. The summed E-state index contributed by atoms with van der Waals surface area (Å²) in [6.07, 6.45) is 1.10. The number of fused-ring (bicyclic) bond motifs is 1. The molecule has 0 spiro atoms. The monoisotopic (exact) mass is 595 g/mol. The van der Waals surface area contributed by atoms with Gasteiger partial charge in [0.1, 0.15) is 23.4 Å². The van der Waals surface area contributed by atoms with Crippen molar-refractivity contribution in [3.63, 3.8) is 0 Å². The van der Waals surface area contributed by atoms with Crippen LogP contribution in [0.5, 0.6) is 11.5 Å². The number of halogens is 4. The number of carbonyl (C=O) groups is 1. The Morgan fingerprint density at radius 1 is 1.18 bits per heavy atom. The Morgan fingerprint density at radius 3 is 2.62 bits per heavy atom. The number of rotatable bonds is 9. The van der Waals surface area contributed by atoms with Crippen LogP contribution in [-0.4, -0.2) is 40.8 Å². The SMILES string of the molecule is COC(=O)CC[C@H]1CN(S(=O)(=O)c2cccc(OC(F)F)c2)c2cc(/C=C(\C)c3c(F)cccc3Cl)ccc2O1. The predicted molar refractivity (Wildman–Crippen MR) is 145 cm³/mol. The van der Waals surface area contributed by atoms with Gasteiger partial charge in [-0.15, -0.1) is 0 Å². The van der Waals surface area contributed by atoms with Crippen molar-refractivity contribution in [3.8, 4) is 11.5 Å². The van der Waals surface area contributed by atoms with Gasteiger partial charge in [0.2, 0.25) is 0 Å². The summed E-state index contributed by atoms with van der Waals surface area (Å²) in [5.74, 6) is -1.08. The highest BCUT2D eigenvalue weighted by Crippen LogP contribution is 2.40. The van der Waals surface area contributed by atoms with E-state index >= 15 is 0 Å². The Hall–Kier alpha value is -3.70. The maximum Gasteiger partial charge on any atom is 0.387 e. The summed E-state index contributed by atoms with van der Waals surface area (Å²) in [6, 6.07) is 13.9. The van der Waals surface area contributed by atoms with Gasteiger partial charge in [-0.1, -0.05) is 35.9 Å². The Labute approximate surface area is 234 Å². The van der Waals surface area contributed by atoms with E-state index in [2.05, 4.69) is 9.47 Å². The van der Waals surface area contributed by atoms with Gasteiger partial charge in [0.05, 0.1) is 29.3 Å². The van der Waals surface area contributed by atoms with Crippen LogP contribution in [0.2, 0.25) is 5.02 Å². The number of hydrogen-bond acceptors (Lipinski definition) is 6. The van der Waals surface area contributed by atoms with Crippen molar-refractivity contribution in [1.82, 2.24) is 0 Å². The lowest BCUT2D eigenvalue weighted by atomic mass is 10.0. The number of nitrogens with zero attached hydrogens (tertiary/aromatic N) is 1. The molecule has 7 nitrogen and oxygen atoms in total. The van der Waals surface area contributed by atoms with E-state index in [4.69, 9.17) is 16.3 Å². The smallest absolute Gasteiger partial charge is 0.387 e. The van der Waals surface area contributed by atoms with Gasteiger partial charge in [0.25, 0.3) is 10.0 Å². The number of ether oxygens (including phenoxy) is 3. The number of methoxy groups -OCH3 is 1. The molecule has 0 amide bonds. The average Bonchev–Trinajstić information content (AvgIpc) is 2.91. The lowest BCUT2D eigenvalue weighted by Crippen LogP contribution is -2.43. The summed E-state index contributed by atoms with van der Waals surface area (Å²) in [5, 5.41) is 0.221. The summed E-state index contributed by atoms with van der Waals surface area (Å²) < 4.78 is 83.8. The number of alkyl halides is 2. The van der Waals surface area contributed by atoms with Crippen molar-refractivity contribution in [3.05, 3.63) is 82.6 Å². The molecule has 0 aromatic heterocycles. The number of hydrogen-bond donors (Lipinski definition) is 0. The highest BCUT2D eigenvalue weighted by molar-refractivity contribution is 7.92. The molecular weight excluding hydrogens is 571 g/mol. The van der Waals surface area contributed by atoms with Gasteiger partial charge < -0.3 is 14.2 Å².